The number of thiazole rings is 1. The smallest absolute Gasteiger partial charge is 0.475 e. The molecule has 0 aliphatic carbocycles. The van der Waals surface area contributed by atoms with Crippen LogP contribution in [0.4, 0.5) is 26.3 Å². The van der Waals surface area contributed by atoms with E-state index in [0.717, 1.165) is 49.6 Å². The van der Waals surface area contributed by atoms with Crippen LogP contribution in [0.15, 0.2) is 23.7 Å². The number of piperidine rings is 1. The van der Waals surface area contributed by atoms with Crippen molar-refractivity contribution in [3.8, 4) is 0 Å². The molecule has 0 radical (unpaired) electrons. The highest BCUT2D eigenvalue weighted by Gasteiger charge is 2.47. The third-order valence-corrected chi connectivity index (χ3v) is 7.20. The van der Waals surface area contributed by atoms with Crippen LogP contribution in [0.25, 0.3) is 0 Å². The van der Waals surface area contributed by atoms with E-state index in [1.54, 1.807) is 11.3 Å². The summed E-state index contributed by atoms with van der Waals surface area (Å²) < 4.78 is 65.7. The van der Waals surface area contributed by atoms with Gasteiger partial charge in [-0.3, -0.25) is 9.69 Å². The van der Waals surface area contributed by atoms with E-state index in [0.29, 0.717) is 18.9 Å². The van der Waals surface area contributed by atoms with E-state index >= 15 is 0 Å². The maximum atomic E-state index is 12.5. The fourth-order valence-electron chi connectivity index (χ4n) is 4.31. The molecule has 4 rings (SSSR count). The standard InChI is InChI=1S/C19H26N4OS.2C2HF3O2/c1-15-20-16(14-25-15)12-23-18(24)5-6-19(23)7-10-22(11-8-19)13-17-4-3-9-21(17)2;2*3-2(4,5)1(6)7/h3-4,9,14H,5-8,10-13H2,1-2H3;2*(H,6,7). The van der Waals surface area contributed by atoms with Gasteiger partial charge in [-0.25, -0.2) is 14.6 Å². The average molecular weight is 587 g/mol. The molecular formula is C23H28F6N4O5S. The van der Waals surface area contributed by atoms with Gasteiger partial charge in [-0.05, 0) is 38.3 Å². The topological polar surface area (TPSA) is 116 Å². The third-order valence-electron chi connectivity index (χ3n) is 6.37. The zero-order valence-electron chi connectivity index (χ0n) is 21.1. The number of likely N-dealkylation sites (tertiary alicyclic amines) is 2. The zero-order valence-corrected chi connectivity index (χ0v) is 21.9. The molecule has 1 amide bonds. The highest BCUT2D eigenvalue weighted by Crippen LogP contribution is 2.40. The first-order valence-corrected chi connectivity index (χ1v) is 12.5. The van der Waals surface area contributed by atoms with Crippen molar-refractivity contribution < 1.29 is 50.9 Å². The van der Waals surface area contributed by atoms with Crippen LogP contribution in [0.1, 0.15) is 42.1 Å². The first kappa shape index (κ1) is 32.1. The van der Waals surface area contributed by atoms with Gasteiger partial charge in [-0.15, -0.1) is 11.3 Å². The van der Waals surface area contributed by atoms with E-state index in [-0.39, 0.29) is 5.54 Å². The van der Waals surface area contributed by atoms with Gasteiger partial charge in [0.2, 0.25) is 5.91 Å². The predicted molar refractivity (Wildman–Crippen MR) is 127 cm³/mol. The molecule has 2 N–H and O–H groups in total. The second-order valence-corrected chi connectivity index (χ2v) is 10.1. The van der Waals surface area contributed by atoms with Gasteiger partial charge in [0.05, 0.1) is 17.2 Å². The molecule has 9 nitrogen and oxygen atoms in total. The summed E-state index contributed by atoms with van der Waals surface area (Å²) in [6, 6.07) is 4.30. The van der Waals surface area contributed by atoms with Gasteiger partial charge in [0, 0.05) is 55.9 Å². The minimum Gasteiger partial charge on any atom is -0.475 e. The number of alkyl halides is 6. The van der Waals surface area contributed by atoms with Gasteiger partial charge >= 0.3 is 24.3 Å². The molecule has 39 heavy (non-hydrogen) atoms. The molecule has 0 saturated carbocycles. The number of nitrogens with zero attached hydrogens (tertiary/aromatic N) is 4. The fraction of sp³-hybridized carbons (Fsp3) is 0.565. The van der Waals surface area contributed by atoms with Crippen molar-refractivity contribution in [2.45, 2.75) is 63.6 Å². The largest absolute Gasteiger partial charge is 0.490 e. The second-order valence-electron chi connectivity index (χ2n) is 9.05. The summed E-state index contributed by atoms with van der Waals surface area (Å²) in [7, 11) is 2.11. The maximum Gasteiger partial charge on any atom is 0.490 e. The van der Waals surface area contributed by atoms with Gasteiger partial charge in [0.25, 0.3) is 0 Å². The van der Waals surface area contributed by atoms with Gasteiger partial charge in [0.1, 0.15) is 0 Å². The zero-order chi connectivity index (χ0) is 29.6. The van der Waals surface area contributed by atoms with E-state index in [4.69, 9.17) is 19.8 Å². The van der Waals surface area contributed by atoms with E-state index < -0.39 is 24.3 Å². The summed E-state index contributed by atoms with van der Waals surface area (Å²) in [6.45, 7) is 5.83. The molecular weight excluding hydrogens is 558 g/mol. The predicted octanol–water partition coefficient (Wildman–Crippen LogP) is 4.21. The van der Waals surface area contributed by atoms with Crippen molar-refractivity contribution in [1.29, 1.82) is 0 Å². The Hall–Kier alpha value is -3.14. The van der Waals surface area contributed by atoms with Crippen molar-refractivity contribution in [2.24, 2.45) is 7.05 Å². The lowest BCUT2D eigenvalue weighted by Crippen LogP contribution is -2.52. The summed E-state index contributed by atoms with van der Waals surface area (Å²) in [6.07, 6.45) is -4.21. The number of carbonyl (C=O) groups is 3. The number of aromatic nitrogens is 2. The van der Waals surface area contributed by atoms with Crippen LogP contribution in [0.3, 0.4) is 0 Å². The lowest BCUT2D eigenvalue weighted by Gasteiger charge is -2.45. The normalized spacial score (nSPS) is 17.3. The molecule has 2 aromatic heterocycles. The molecule has 2 aliphatic rings. The summed E-state index contributed by atoms with van der Waals surface area (Å²) >= 11 is 1.67. The van der Waals surface area contributed by atoms with Crippen molar-refractivity contribution in [3.63, 3.8) is 0 Å². The van der Waals surface area contributed by atoms with Crippen molar-refractivity contribution in [1.82, 2.24) is 19.4 Å². The van der Waals surface area contributed by atoms with Gasteiger partial charge in [-0.2, -0.15) is 26.3 Å². The lowest BCUT2D eigenvalue weighted by atomic mass is 9.85. The number of rotatable bonds is 4. The molecule has 4 heterocycles. The molecule has 16 heteroatoms. The first-order valence-electron chi connectivity index (χ1n) is 11.6. The van der Waals surface area contributed by atoms with Crippen molar-refractivity contribution in [2.75, 3.05) is 13.1 Å². The van der Waals surface area contributed by atoms with Crippen LogP contribution in [0.2, 0.25) is 0 Å². The minimum absolute atomic E-state index is 0.0549. The van der Waals surface area contributed by atoms with E-state index in [1.165, 1.54) is 5.69 Å². The number of hydrogen-bond donors (Lipinski definition) is 2. The Kier molecular flexibility index (Phi) is 10.5. The highest BCUT2D eigenvalue weighted by molar-refractivity contribution is 7.09. The van der Waals surface area contributed by atoms with E-state index in [9.17, 15) is 31.1 Å². The molecule has 1 spiro atoms. The Bertz CT molecular complexity index is 1110. The van der Waals surface area contributed by atoms with Gasteiger partial charge in [-0.1, -0.05) is 0 Å². The summed E-state index contributed by atoms with van der Waals surface area (Å²) in [4.78, 5) is 39.6. The summed E-state index contributed by atoms with van der Waals surface area (Å²) in [5.74, 6) is -5.21. The molecule has 0 unspecified atom stereocenters. The highest BCUT2D eigenvalue weighted by atomic mass is 32.1. The average Bonchev–Trinajstić information content (AvgIpc) is 3.51. The molecule has 2 aliphatic heterocycles. The van der Waals surface area contributed by atoms with Crippen LogP contribution in [-0.2, 0) is 34.5 Å². The lowest BCUT2D eigenvalue weighted by molar-refractivity contribution is -0.193. The van der Waals surface area contributed by atoms with Gasteiger partial charge < -0.3 is 19.7 Å². The number of halogens is 6. The number of carboxylic acids is 2. The Balaban J connectivity index is 0.000000317. The van der Waals surface area contributed by atoms with Gasteiger partial charge in [0.15, 0.2) is 0 Å². The quantitative estimate of drug-likeness (QED) is 0.516. The van der Waals surface area contributed by atoms with Crippen LogP contribution < -0.4 is 0 Å². The van der Waals surface area contributed by atoms with Crippen molar-refractivity contribution >= 4 is 29.2 Å². The monoisotopic (exact) mass is 586 g/mol. The number of amides is 1. The number of carbonyl (C=O) groups excluding carboxylic acids is 1. The summed E-state index contributed by atoms with van der Waals surface area (Å²) in [5, 5.41) is 17.4. The van der Waals surface area contributed by atoms with Crippen LogP contribution in [0.5, 0.6) is 0 Å². The Morgan fingerprint density at radius 3 is 1.97 bits per heavy atom. The number of aryl methyl sites for hydroxylation is 2. The van der Waals surface area contributed by atoms with E-state index in [2.05, 4.69) is 50.1 Å². The molecule has 218 valence electrons. The Morgan fingerprint density at radius 2 is 1.56 bits per heavy atom. The Labute approximate surface area is 223 Å². The fourth-order valence-corrected chi connectivity index (χ4v) is 4.91. The number of hydrogen-bond acceptors (Lipinski definition) is 6. The van der Waals surface area contributed by atoms with Crippen LogP contribution in [-0.4, -0.2) is 78.4 Å². The minimum atomic E-state index is -5.08. The van der Waals surface area contributed by atoms with Crippen LogP contribution in [0, 0.1) is 6.92 Å². The number of aliphatic carboxylic acids is 2. The van der Waals surface area contributed by atoms with Crippen molar-refractivity contribution in [3.05, 3.63) is 40.1 Å². The molecule has 0 bridgehead atoms. The molecule has 2 fully saturated rings. The SMILES string of the molecule is Cc1nc(CN2C(=O)CCC23CCN(Cc2cccn2C)CC3)cs1.O=C(O)C(F)(F)F.O=C(O)C(F)(F)F. The van der Waals surface area contributed by atoms with E-state index in [1.807, 2.05) is 6.92 Å². The second kappa shape index (κ2) is 12.8. The molecule has 0 aromatic carbocycles. The molecule has 0 atom stereocenters. The summed E-state index contributed by atoms with van der Waals surface area (Å²) in [5.41, 5.74) is 2.45. The number of carboxylic acid groups (broad SMARTS) is 2. The Morgan fingerprint density at radius 1 is 1.03 bits per heavy atom. The van der Waals surface area contributed by atoms with Crippen LogP contribution >= 0.6 is 11.3 Å². The first-order chi connectivity index (χ1) is 17.9. The molecule has 2 aromatic rings. The maximum absolute atomic E-state index is 12.5. The third kappa shape index (κ3) is 9.23. The molecule has 2 saturated heterocycles.